The minimum Gasteiger partial charge on any atom is -0.467 e. The van der Waals surface area contributed by atoms with Crippen molar-refractivity contribution in [3.63, 3.8) is 0 Å². The second-order valence-electron chi connectivity index (χ2n) is 5.43. The van der Waals surface area contributed by atoms with Crippen LogP contribution >= 0.6 is 24.0 Å². The van der Waals surface area contributed by atoms with E-state index >= 15 is 0 Å². The van der Waals surface area contributed by atoms with Gasteiger partial charge >= 0.3 is 0 Å². The van der Waals surface area contributed by atoms with Gasteiger partial charge in [0.2, 0.25) is 0 Å². The first-order valence-electron chi connectivity index (χ1n) is 7.85. The van der Waals surface area contributed by atoms with Gasteiger partial charge < -0.3 is 19.4 Å². The zero-order valence-electron chi connectivity index (χ0n) is 14.3. The molecule has 0 saturated heterocycles. The highest BCUT2D eigenvalue weighted by Gasteiger charge is 2.01. The second kappa shape index (κ2) is 11.9. The van der Waals surface area contributed by atoms with Crippen molar-refractivity contribution < 1.29 is 9.15 Å². The van der Waals surface area contributed by atoms with E-state index < -0.39 is 0 Å². The summed E-state index contributed by atoms with van der Waals surface area (Å²) in [6, 6.07) is 14.0. The van der Waals surface area contributed by atoms with Crippen LogP contribution in [-0.4, -0.2) is 38.1 Å². The highest BCUT2D eigenvalue weighted by atomic mass is 127. The second-order valence-corrected chi connectivity index (χ2v) is 5.43. The summed E-state index contributed by atoms with van der Waals surface area (Å²) in [7, 11) is 3.98. The van der Waals surface area contributed by atoms with E-state index in [2.05, 4.69) is 22.4 Å². The first-order chi connectivity index (χ1) is 11.3. The molecule has 1 aromatic carbocycles. The quantitative estimate of drug-likeness (QED) is 0.294. The summed E-state index contributed by atoms with van der Waals surface area (Å²) in [6.45, 7) is 2.71. The van der Waals surface area contributed by atoms with Crippen LogP contribution in [0.2, 0.25) is 0 Å². The van der Waals surface area contributed by atoms with E-state index in [1.165, 1.54) is 5.56 Å². The van der Waals surface area contributed by atoms with Crippen LogP contribution in [0.1, 0.15) is 17.7 Å². The van der Waals surface area contributed by atoms with Gasteiger partial charge in [-0.05, 0) is 24.1 Å². The Morgan fingerprint density at radius 1 is 1.17 bits per heavy atom. The summed E-state index contributed by atoms with van der Waals surface area (Å²) in [6.07, 6.45) is 2.58. The van der Waals surface area contributed by atoms with E-state index in [9.17, 15) is 0 Å². The maximum Gasteiger partial charge on any atom is 0.193 e. The number of aliphatic imine (C=N–C) groups is 1. The fraction of sp³-hybridized carbons (Fsp3) is 0.389. The molecule has 24 heavy (non-hydrogen) atoms. The minimum absolute atomic E-state index is 0. The fourth-order valence-corrected chi connectivity index (χ4v) is 2.05. The average molecular weight is 443 g/mol. The normalized spacial score (nSPS) is 11.0. The van der Waals surface area contributed by atoms with Crippen molar-refractivity contribution in [2.75, 3.05) is 27.2 Å². The molecule has 0 spiro atoms. The van der Waals surface area contributed by atoms with Gasteiger partial charge in [0.25, 0.3) is 0 Å². The maximum atomic E-state index is 5.56. The van der Waals surface area contributed by atoms with Crippen LogP contribution in [0.25, 0.3) is 0 Å². The summed E-state index contributed by atoms with van der Waals surface area (Å²) in [4.78, 5) is 6.62. The summed E-state index contributed by atoms with van der Waals surface area (Å²) >= 11 is 0. The maximum absolute atomic E-state index is 5.56. The van der Waals surface area contributed by atoms with Crippen molar-refractivity contribution in [1.82, 2.24) is 10.2 Å². The molecule has 0 unspecified atom stereocenters. The molecule has 1 N–H and O–H groups in total. The molecular weight excluding hydrogens is 417 g/mol. The first-order valence-corrected chi connectivity index (χ1v) is 7.85. The molecule has 0 bridgehead atoms. The lowest BCUT2D eigenvalue weighted by atomic mass is 10.2. The Balaban J connectivity index is 0.00000288. The number of halogens is 1. The number of benzene rings is 1. The largest absolute Gasteiger partial charge is 0.467 e. The van der Waals surface area contributed by atoms with Crippen molar-refractivity contribution >= 4 is 29.9 Å². The Labute approximate surface area is 161 Å². The number of rotatable bonds is 8. The lowest BCUT2D eigenvalue weighted by Crippen LogP contribution is -2.37. The van der Waals surface area contributed by atoms with Crippen LogP contribution in [0.5, 0.6) is 0 Å². The first kappa shape index (κ1) is 20.5. The molecule has 0 aliphatic carbocycles. The van der Waals surface area contributed by atoms with Gasteiger partial charge in [0, 0.05) is 27.2 Å². The molecule has 0 aliphatic heterocycles. The number of guanidine groups is 1. The van der Waals surface area contributed by atoms with Gasteiger partial charge in [-0.1, -0.05) is 30.3 Å². The monoisotopic (exact) mass is 443 g/mol. The Hall–Kier alpha value is -1.54. The van der Waals surface area contributed by atoms with Crippen molar-refractivity contribution in [2.24, 2.45) is 4.99 Å². The lowest BCUT2D eigenvalue weighted by Gasteiger charge is -2.17. The lowest BCUT2D eigenvalue weighted by molar-refractivity contribution is 0.104. The zero-order chi connectivity index (χ0) is 16.3. The van der Waals surface area contributed by atoms with Gasteiger partial charge in [-0.3, -0.25) is 0 Å². The van der Waals surface area contributed by atoms with E-state index in [1.54, 1.807) is 6.26 Å². The summed E-state index contributed by atoms with van der Waals surface area (Å²) in [5.74, 6) is 1.75. The SMILES string of the molecule is CN(C)C(=NCc1ccccc1)NCCCOCc1ccco1.I. The van der Waals surface area contributed by atoms with Crippen molar-refractivity contribution in [3.05, 3.63) is 60.1 Å². The third kappa shape index (κ3) is 7.83. The third-order valence-corrected chi connectivity index (χ3v) is 3.25. The number of furan rings is 1. The standard InChI is InChI=1S/C18H25N3O2.HI/c1-21(2)18(20-14-16-8-4-3-5-9-16)19-11-7-12-22-15-17-10-6-13-23-17;/h3-6,8-10,13H,7,11-12,14-15H2,1-2H3,(H,19,20);1H. The van der Waals surface area contributed by atoms with Crippen LogP contribution in [0.15, 0.2) is 58.1 Å². The molecule has 5 nitrogen and oxygen atoms in total. The molecule has 2 aromatic rings. The molecule has 1 heterocycles. The van der Waals surface area contributed by atoms with Crippen LogP contribution in [0, 0.1) is 0 Å². The Kier molecular flexibility index (Phi) is 10.2. The number of hydrogen-bond donors (Lipinski definition) is 1. The van der Waals surface area contributed by atoms with Gasteiger partial charge in [0.05, 0.1) is 12.8 Å². The molecule has 1 aromatic heterocycles. The molecule has 132 valence electrons. The zero-order valence-corrected chi connectivity index (χ0v) is 16.6. The van der Waals surface area contributed by atoms with Crippen LogP contribution in [0.3, 0.4) is 0 Å². The molecule has 0 fully saturated rings. The Morgan fingerprint density at radius 2 is 1.96 bits per heavy atom. The van der Waals surface area contributed by atoms with Crippen molar-refractivity contribution in [1.29, 1.82) is 0 Å². The van der Waals surface area contributed by atoms with Gasteiger partial charge in [-0.2, -0.15) is 0 Å². The molecule has 0 amide bonds. The minimum atomic E-state index is 0. The van der Waals surface area contributed by atoms with E-state index in [-0.39, 0.29) is 24.0 Å². The molecule has 0 radical (unpaired) electrons. The topological polar surface area (TPSA) is 50.0 Å². The summed E-state index contributed by atoms with van der Waals surface area (Å²) in [5, 5.41) is 3.36. The predicted molar refractivity (Wildman–Crippen MR) is 108 cm³/mol. The van der Waals surface area contributed by atoms with E-state index in [1.807, 2.05) is 49.3 Å². The highest BCUT2D eigenvalue weighted by Crippen LogP contribution is 2.02. The molecular formula is C18H26IN3O2. The van der Waals surface area contributed by atoms with Crippen LogP contribution < -0.4 is 5.32 Å². The Morgan fingerprint density at radius 3 is 2.62 bits per heavy atom. The van der Waals surface area contributed by atoms with E-state index in [4.69, 9.17) is 9.15 Å². The number of ether oxygens (including phenoxy) is 1. The van der Waals surface area contributed by atoms with E-state index in [0.717, 1.165) is 24.7 Å². The number of nitrogens with zero attached hydrogens (tertiary/aromatic N) is 2. The molecule has 0 saturated carbocycles. The molecule has 0 atom stereocenters. The van der Waals surface area contributed by atoms with Crippen LogP contribution in [-0.2, 0) is 17.9 Å². The molecule has 6 heteroatoms. The average Bonchev–Trinajstić information content (AvgIpc) is 3.07. The van der Waals surface area contributed by atoms with E-state index in [0.29, 0.717) is 19.8 Å². The molecule has 0 aliphatic rings. The molecule has 2 rings (SSSR count). The number of hydrogen-bond acceptors (Lipinski definition) is 3. The highest BCUT2D eigenvalue weighted by molar-refractivity contribution is 14.0. The van der Waals surface area contributed by atoms with Crippen molar-refractivity contribution in [2.45, 2.75) is 19.6 Å². The number of nitrogens with one attached hydrogen (secondary N) is 1. The summed E-state index contributed by atoms with van der Waals surface area (Å²) in [5.41, 5.74) is 1.20. The van der Waals surface area contributed by atoms with Gasteiger partial charge in [-0.15, -0.1) is 24.0 Å². The van der Waals surface area contributed by atoms with Gasteiger partial charge in [-0.25, -0.2) is 4.99 Å². The van der Waals surface area contributed by atoms with Crippen molar-refractivity contribution in [3.8, 4) is 0 Å². The fourth-order valence-electron chi connectivity index (χ4n) is 2.05. The van der Waals surface area contributed by atoms with Gasteiger partial charge in [0.15, 0.2) is 5.96 Å². The predicted octanol–water partition coefficient (Wildman–Crippen LogP) is 3.51. The third-order valence-electron chi connectivity index (χ3n) is 3.25. The van der Waals surface area contributed by atoms with Gasteiger partial charge in [0.1, 0.15) is 12.4 Å². The Bertz CT molecular complexity index is 571. The smallest absolute Gasteiger partial charge is 0.193 e. The summed E-state index contributed by atoms with van der Waals surface area (Å²) < 4.78 is 10.8. The van der Waals surface area contributed by atoms with Crippen LogP contribution in [0.4, 0.5) is 0 Å².